The van der Waals surface area contributed by atoms with E-state index in [2.05, 4.69) is 10.9 Å². The summed E-state index contributed by atoms with van der Waals surface area (Å²) in [7, 11) is -3.75. The molecule has 7 nitrogen and oxygen atoms in total. The Morgan fingerprint density at radius 1 is 0.964 bits per heavy atom. The molecule has 28 heavy (non-hydrogen) atoms. The molecule has 0 unspecified atom stereocenters. The fraction of sp³-hybridized carbons (Fsp3) is 0.263. The van der Waals surface area contributed by atoms with E-state index in [4.69, 9.17) is 11.6 Å². The van der Waals surface area contributed by atoms with Crippen LogP contribution >= 0.6 is 11.6 Å². The van der Waals surface area contributed by atoms with Gasteiger partial charge in [0.25, 0.3) is 11.8 Å². The molecule has 0 spiro atoms. The zero-order valence-electron chi connectivity index (χ0n) is 15.8. The van der Waals surface area contributed by atoms with Gasteiger partial charge in [0.1, 0.15) is 0 Å². The smallest absolute Gasteiger partial charge is 0.267 e. The molecule has 150 valence electrons. The molecule has 0 saturated carbocycles. The van der Waals surface area contributed by atoms with Gasteiger partial charge in [0.05, 0.1) is 15.5 Å². The quantitative estimate of drug-likeness (QED) is 0.698. The van der Waals surface area contributed by atoms with E-state index >= 15 is 0 Å². The Morgan fingerprint density at radius 2 is 1.54 bits per heavy atom. The van der Waals surface area contributed by atoms with Crippen LogP contribution in [-0.2, 0) is 10.0 Å². The highest BCUT2D eigenvalue weighted by atomic mass is 35.5. The molecule has 2 aromatic rings. The van der Waals surface area contributed by atoms with Crippen LogP contribution in [-0.4, -0.2) is 37.6 Å². The van der Waals surface area contributed by atoms with Crippen molar-refractivity contribution in [3.63, 3.8) is 0 Å². The first kappa shape index (κ1) is 21.9. The number of hydrazine groups is 1. The van der Waals surface area contributed by atoms with Crippen LogP contribution in [0.2, 0.25) is 5.02 Å². The number of sulfonamides is 1. The molecule has 0 saturated heterocycles. The second-order valence-corrected chi connectivity index (χ2v) is 8.30. The van der Waals surface area contributed by atoms with Crippen molar-refractivity contribution in [2.24, 2.45) is 0 Å². The normalized spacial score (nSPS) is 11.3. The van der Waals surface area contributed by atoms with Crippen molar-refractivity contribution in [1.29, 1.82) is 0 Å². The van der Waals surface area contributed by atoms with E-state index in [0.29, 0.717) is 18.7 Å². The largest absolute Gasteiger partial charge is 0.271 e. The summed E-state index contributed by atoms with van der Waals surface area (Å²) in [6.45, 7) is 5.83. The summed E-state index contributed by atoms with van der Waals surface area (Å²) in [5.74, 6) is -1.21. The van der Waals surface area contributed by atoms with Crippen molar-refractivity contribution in [2.45, 2.75) is 25.7 Å². The summed E-state index contributed by atoms with van der Waals surface area (Å²) >= 11 is 6.06. The average molecular weight is 424 g/mol. The topological polar surface area (TPSA) is 95.6 Å². The lowest BCUT2D eigenvalue weighted by atomic mass is 10.1. The van der Waals surface area contributed by atoms with Crippen molar-refractivity contribution < 1.29 is 18.0 Å². The lowest BCUT2D eigenvalue weighted by molar-refractivity contribution is 0.0846. The first-order valence-corrected chi connectivity index (χ1v) is 10.5. The van der Waals surface area contributed by atoms with Crippen LogP contribution in [0, 0.1) is 6.92 Å². The molecule has 0 aliphatic carbocycles. The minimum Gasteiger partial charge on any atom is -0.267 e. The molecule has 0 radical (unpaired) electrons. The number of rotatable bonds is 6. The van der Waals surface area contributed by atoms with E-state index in [1.165, 1.54) is 22.5 Å². The second-order valence-electron chi connectivity index (χ2n) is 5.95. The fourth-order valence-electron chi connectivity index (χ4n) is 2.63. The first-order chi connectivity index (χ1) is 13.2. The van der Waals surface area contributed by atoms with Crippen LogP contribution in [0.15, 0.2) is 47.4 Å². The van der Waals surface area contributed by atoms with E-state index in [9.17, 15) is 18.0 Å². The Bertz CT molecular complexity index is 988. The van der Waals surface area contributed by atoms with E-state index in [1.807, 2.05) is 0 Å². The molecule has 2 rings (SSSR count). The third-order valence-corrected chi connectivity index (χ3v) is 6.58. The summed E-state index contributed by atoms with van der Waals surface area (Å²) in [5.41, 5.74) is 5.68. The number of hydrogen-bond acceptors (Lipinski definition) is 4. The molecule has 2 aromatic carbocycles. The van der Waals surface area contributed by atoms with Crippen molar-refractivity contribution in [3.05, 3.63) is 64.2 Å². The van der Waals surface area contributed by atoms with E-state index < -0.39 is 21.8 Å². The summed E-state index contributed by atoms with van der Waals surface area (Å²) in [5, 5.41) is 0.0705. The summed E-state index contributed by atoms with van der Waals surface area (Å²) in [4.78, 5) is 24.6. The van der Waals surface area contributed by atoms with Gasteiger partial charge < -0.3 is 0 Å². The van der Waals surface area contributed by atoms with Gasteiger partial charge in [-0.2, -0.15) is 4.31 Å². The van der Waals surface area contributed by atoms with Crippen LogP contribution < -0.4 is 10.9 Å². The van der Waals surface area contributed by atoms with Gasteiger partial charge in [-0.1, -0.05) is 43.6 Å². The lowest BCUT2D eigenvalue weighted by Crippen LogP contribution is -2.42. The Hall–Kier alpha value is -2.42. The highest BCUT2D eigenvalue weighted by Crippen LogP contribution is 2.23. The number of aryl methyl sites for hydroxylation is 1. The molecular weight excluding hydrogens is 402 g/mol. The maximum atomic E-state index is 12.7. The zero-order chi connectivity index (χ0) is 20.9. The van der Waals surface area contributed by atoms with Gasteiger partial charge in [-0.3, -0.25) is 20.4 Å². The number of amides is 2. The van der Waals surface area contributed by atoms with Gasteiger partial charge in [-0.25, -0.2) is 8.42 Å². The van der Waals surface area contributed by atoms with Gasteiger partial charge in [0, 0.05) is 18.7 Å². The number of benzene rings is 2. The molecular formula is C19H22ClN3O4S. The number of nitrogens with zero attached hydrogens (tertiary/aromatic N) is 1. The van der Waals surface area contributed by atoms with E-state index in [1.54, 1.807) is 45.0 Å². The fourth-order valence-corrected chi connectivity index (χ4v) is 4.32. The van der Waals surface area contributed by atoms with Crippen molar-refractivity contribution >= 4 is 33.4 Å². The Labute approximate surface area is 169 Å². The highest BCUT2D eigenvalue weighted by molar-refractivity contribution is 7.89. The molecule has 0 aliphatic heterocycles. The van der Waals surface area contributed by atoms with Gasteiger partial charge in [-0.15, -0.1) is 0 Å². The minimum atomic E-state index is -3.75. The summed E-state index contributed by atoms with van der Waals surface area (Å²) < 4.78 is 26.6. The average Bonchev–Trinajstić information content (AvgIpc) is 2.67. The summed E-state index contributed by atoms with van der Waals surface area (Å²) in [6.07, 6.45) is 0. The Balaban J connectivity index is 2.22. The summed E-state index contributed by atoms with van der Waals surface area (Å²) in [6, 6.07) is 10.8. The number of nitrogens with one attached hydrogen (secondary N) is 2. The van der Waals surface area contributed by atoms with Crippen LogP contribution in [0.1, 0.15) is 40.1 Å². The number of hydrogen-bond donors (Lipinski definition) is 2. The van der Waals surface area contributed by atoms with Gasteiger partial charge >= 0.3 is 0 Å². The van der Waals surface area contributed by atoms with E-state index in [0.717, 1.165) is 5.56 Å². The second kappa shape index (κ2) is 9.18. The highest BCUT2D eigenvalue weighted by Gasteiger charge is 2.24. The van der Waals surface area contributed by atoms with Crippen LogP contribution in [0.5, 0.6) is 0 Å². The number of carbonyl (C=O) groups is 2. The number of carbonyl (C=O) groups excluding carboxylic acids is 2. The van der Waals surface area contributed by atoms with Crippen LogP contribution in [0.4, 0.5) is 0 Å². The van der Waals surface area contributed by atoms with Crippen molar-refractivity contribution in [2.75, 3.05) is 13.1 Å². The van der Waals surface area contributed by atoms with Gasteiger partial charge in [0.15, 0.2) is 0 Å². The number of halogens is 1. The third-order valence-electron chi connectivity index (χ3n) is 4.20. The molecule has 0 aromatic heterocycles. The monoisotopic (exact) mass is 423 g/mol. The molecule has 0 aliphatic rings. The van der Waals surface area contributed by atoms with E-state index in [-0.39, 0.29) is 15.5 Å². The molecule has 0 bridgehead atoms. The van der Waals surface area contributed by atoms with Crippen molar-refractivity contribution in [3.8, 4) is 0 Å². The molecule has 0 fully saturated rings. The van der Waals surface area contributed by atoms with Crippen LogP contribution in [0.3, 0.4) is 0 Å². The molecule has 0 atom stereocenters. The maximum absolute atomic E-state index is 12.7. The maximum Gasteiger partial charge on any atom is 0.271 e. The lowest BCUT2D eigenvalue weighted by Gasteiger charge is -2.19. The standard InChI is InChI=1S/C19H22ClN3O4S/c1-4-23(5-2)28(26,27)14-10-11-17(20)16(12-14)19(25)22-21-18(24)15-9-7-6-8-13(15)3/h6-12H,4-5H2,1-3H3,(H,21,24)(H,22,25). The molecule has 2 N–H and O–H groups in total. The SMILES string of the molecule is CCN(CC)S(=O)(=O)c1ccc(Cl)c(C(=O)NNC(=O)c2ccccc2C)c1. The van der Waals surface area contributed by atoms with Gasteiger partial charge in [0.2, 0.25) is 10.0 Å². The molecule has 2 amide bonds. The Kier molecular flexibility index (Phi) is 7.17. The first-order valence-electron chi connectivity index (χ1n) is 8.68. The predicted octanol–water partition coefficient (Wildman–Crippen LogP) is 2.75. The zero-order valence-corrected chi connectivity index (χ0v) is 17.4. The van der Waals surface area contributed by atoms with Gasteiger partial charge in [-0.05, 0) is 36.8 Å². The molecule has 9 heteroatoms. The third kappa shape index (κ3) is 4.70. The van der Waals surface area contributed by atoms with Crippen LogP contribution in [0.25, 0.3) is 0 Å². The Morgan fingerprint density at radius 3 is 2.11 bits per heavy atom. The minimum absolute atomic E-state index is 0.0454. The van der Waals surface area contributed by atoms with Crippen molar-refractivity contribution in [1.82, 2.24) is 15.2 Å². The predicted molar refractivity (Wildman–Crippen MR) is 108 cm³/mol. The molecule has 0 heterocycles.